The van der Waals surface area contributed by atoms with Gasteiger partial charge in [-0.2, -0.15) is 0 Å². The standard InChI is InChI=1S/C31H32N2O7S/c1-16(2)11-12-39-22-8-6-7-19(15-22)25-24(26(34)20-9-10-23-21(14-20)13-17(3)40-23)27(35)29(36)33(25)31-32-18(4)28(41-31)30(37)38-5/h6-10,14-17,25,34H,11-13H2,1-5H3/t17-,25+/m1/s1. The Hall–Kier alpha value is -4.18. The topological polar surface area (TPSA) is 115 Å². The van der Waals surface area contributed by atoms with Gasteiger partial charge in [0.05, 0.1) is 31.0 Å². The molecular formula is C31H32N2O7S. The van der Waals surface area contributed by atoms with E-state index in [1.807, 2.05) is 6.92 Å². The third-order valence-corrected chi connectivity index (χ3v) is 8.25. The lowest BCUT2D eigenvalue weighted by atomic mass is 9.94. The van der Waals surface area contributed by atoms with Crippen LogP contribution in [0.25, 0.3) is 5.76 Å². The number of hydrogen-bond acceptors (Lipinski definition) is 9. The Kier molecular flexibility index (Phi) is 7.86. The molecule has 2 aromatic carbocycles. The molecule has 10 heteroatoms. The number of aliphatic hydroxyl groups excluding tert-OH is 1. The lowest BCUT2D eigenvalue weighted by molar-refractivity contribution is -0.132. The third-order valence-electron chi connectivity index (χ3n) is 7.11. The van der Waals surface area contributed by atoms with Crippen molar-refractivity contribution < 1.29 is 33.7 Å². The van der Waals surface area contributed by atoms with Crippen molar-refractivity contribution in [3.05, 3.63) is 75.3 Å². The number of aliphatic hydroxyl groups is 1. The molecule has 0 bridgehead atoms. The first-order valence-corrected chi connectivity index (χ1v) is 14.3. The molecule has 2 aliphatic heterocycles. The average molecular weight is 577 g/mol. The highest BCUT2D eigenvalue weighted by atomic mass is 32.1. The first kappa shape index (κ1) is 28.4. The van der Waals surface area contributed by atoms with Crippen molar-refractivity contribution in [3.8, 4) is 11.5 Å². The van der Waals surface area contributed by atoms with Crippen LogP contribution in [-0.4, -0.2) is 47.6 Å². The van der Waals surface area contributed by atoms with Crippen LogP contribution in [0.2, 0.25) is 0 Å². The van der Waals surface area contributed by atoms with E-state index in [0.717, 1.165) is 29.1 Å². The van der Waals surface area contributed by atoms with Gasteiger partial charge in [0, 0.05) is 12.0 Å². The highest BCUT2D eigenvalue weighted by Crippen LogP contribution is 2.45. The van der Waals surface area contributed by atoms with Crippen molar-refractivity contribution in [2.24, 2.45) is 5.92 Å². The molecule has 1 aromatic heterocycles. The summed E-state index contributed by atoms with van der Waals surface area (Å²) in [5.41, 5.74) is 2.16. The molecule has 0 spiro atoms. The van der Waals surface area contributed by atoms with Crippen LogP contribution in [0.15, 0.2) is 48.0 Å². The highest BCUT2D eigenvalue weighted by molar-refractivity contribution is 7.17. The van der Waals surface area contributed by atoms with Gasteiger partial charge in [0.15, 0.2) is 5.13 Å². The van der Waals surface area contributed by atoms with Gasteiger partial charge in [-0.05, 0) is 67.6 Å². The molecule has 3 aromatic rings. The Morgan fingerprint density at radius 1 is 1.22 bits per heavy atom. The predicted molar refractivity (Wildman–Crippen MR) is 155 cm³/mol. The van der Waals surface area contributed by atoms with Gasteiger partial charge < -0.3 is 19.3 Å². The lowest BCUT2D eigenvalue weighted by Crippen LogP contribution is -2.29. The van der Waals surface area contributed by atoms with Crippen LogP contribution >= 0.6 is 11.3 Å². The summed E-state index contributed by atoms with van der Waals surface area (Å²) in [6.07, 6.45) is 1.53. The Balaban J connectivity index is 1.64. The largest absolute Gasteiger partial charge is 0.507 e. The Bertz CT molecular complexity index is 1560. The van der Waals surface area contributed by atoms with E-state index in [-0.39, 0.29) is 27.4 Å². The summed E-state index contributed by atoms with van der Waals surface area (Å²) in [7, 11) is 1.26. The van der Waals surface area contributed by atoms with E-state index in [0.29, 0.717) is 41.5 Å². The second-order valence-corrected chi connectivity index (χ2v) is 11.6. The minimum Gasteiger partial charge on any atom is -0.507 e. The maximum Gasteiger partial charge on any atom is 0.350 e. The average Bonchev–Trinajstić information content (AvgIpc) is 3.59. The number of methoxy groups -OCH3 is 1. The number of hydrogen-bond donors (Lipinski definition) is 1. The number of Topliss-reactive ketones (excluding diaryl/α,β-unsaturated/α-hetero) is 1. The Morgan fingerprint density at radius 2 is 2.00 bits per heavy atom. The van der Waals surface area contributed by atoms with Crippen molar-refractivity contribution in [1.82, 2.24) is 4.98 Å². The van der Waals surface area contributed by atoms with E-state index in [1.54, 1.807) is 49.4 Å². The molecule has 0 aliphatic carbocycles. The molecule has 41 heavy (non-hydrogen) atoms. The van der Waals surface area contributed by atoms with Crippen LogP contribution in [0.4, 0.5) is 5.13 Å². The number of fused-ring (bicyclic) bond motifs is 1. The molecule has 0 radical (unpaired) electrons. The van der Waals surface area contributed by atoms with Crippen molar-refractivity contribution in [3.63, 3.8) is 0 Å². The quantitative estimate of drug-likeness (QED) is 0.159. The molecule has 1 fully saturated rings. The summed E-state index contributed by atoms with van der Waals surface area (Å²) < 4.78 is 16.6. The molecule has 214 valence electrons. The number of nitrogens with zero attached hydrogens (tertiary/aromatic N) is 2. The van der Waals surface area contributed by atoms with Crippen LogP contribution in [0.1, 0.15) is 65.3 Å². The fraction of sp³-hybridized carbons (Fsp3) is 0.355. The van der Waals surface area contributed by atoms with Crippen molar-refractivity contribution in [2.45, 2.75) is 52.7 Å². The number of anilines is 1. The second-order valence-electron chi connectivity index (χ2n) is 10.6. The molecule has 3 heterocycles. The maximum atomic E-state index is 13.6. The van der Waals surface area contributed by atoms with E-state index in [9.17, 15) is 19.5 Å². The number of aryl methyl sites for hydroxylation is 1. The zero-order chi connectivity index (χ0) is 29.4. The summed E-state index contributed by atoms with van der Waals surface area (Å²) in [4.78, 5) is 45.4. The van der Waals surface area contributed by atoms with Gasteiger partial charge in [0.1, 0.15) is 28.2 Å². The van der Waals surface area contributed by atoms with Gasteiger partial charge in [-0.15, -0.1) is 0 Å². The molecule has 2 aliphatic rings. The summed E-state index contributed by atoms with van der Waals surface area (Å²) >= 11 is 0.956. The van der Waals surface area contributed by atoms with Gasteiger partial charge in [-0.1, -0.05) is 37.3 Å². The molecule has 0 saturated carbocycles. The number of rotatable bonds is 8. The molecule has 1 saturated heterocycles. The van der Waals surface area contributed by atoms with Crippen molar-refractivity contribution >= 4 is 39.9 Å². The van der Waals surface area contributed by atoms with Crippen LogP contribution in [0.5, 0.6) is 11.5 Å². The van der Waals surface area contributed by atoms with E-state index in [1.165, 1.54) is 12.0 Å². The lowest BCUT2D eigenvalue weighted by Gasteiger charge is -2.23. The van der Waals surface area contributed by atoms with E-state index in [2.05, 4.69) is 18.8 Å². The normalized spacial score (nSPS) is 19.4. The first-order valence-electron chi connectivity index (χ1n) is 13.5. The second kappa shape index (κ2) is 11.4. The van der Waals surface area contributed by atoms with Gasteiger partial charge in [-0.25, -0.2) is 9.78 Å². The smallest absolute Gasteiger partial charge is 0.350 e. The van der Waals surface area contributed by atoms with Crippen molar-refractivity contribution in [1.29, 1.82) is 0 Å². The summed E-state index contributed by atoms with van der Waals surface area (Å²) in [5.74, 6) is -0.834. The molecule has 5 rings (SSSR count). The zero-order valence-electron chi connectivity index (χ0n) is 23.6. The van der Waals surface area contributed by atoms with E-state index >= 15 is 0 Å². The monoisotopic (exact) mass is 576 g/mol. The van der Waals surface area contributed by atoms with E-state index < -0.39 is 23.7 Å². The minimum atomic E-state index is -1.01. The fourth-order valence-electron chi connectivity index (χ4n) is 5.02. The zero-order valence-corrected chi connectivity index (χ0v) is 24.4. The summed E-state index contributed by atoms with van der Waals surface area (Å²) in [6, 6.07) is 11.3. The molecule has 1 amide bonds. The SMILES string of the molecule is COC(=O)c1sc(N2C(=O)C(=O)C(=C(O)c3ccc4c(c3)C[C@@H](C)O4)[C@@H]2c2cccc(OCCC(C)C)c2)nc1C. The molecule has 2 atom stereocenters. The molecule has 9 nitrogen and oxygen atoms in total. The first-order chi connectivity index (χ1) is 19.6. The number of carbonyl (C=O) groups excluding carboxylic acids is 3. The molecule has 1 N–H and O–H groups in total. The number of aromatic nitrogens is 1. The van der Waals surface area contributed by atoms with Gasteiger partial charge in [0.2, 0.25) is 0 Å². The highest BCUT2D eigenvalue weighted by Gasteiger charge is 2.48. The minimum absolute atomic E-state index is 0.00330. The number of ketones is 1. The number of ether oxygens (including phenoxy) is 3. The van der Waals surface area contributed by atoms with Crippen LogP contribution in [0, 0.1) is 12.8 Å². The van der Waals surface area contributed by atoms with Crippen LogP contribution in [0.3, 0.4) is 0 Å². The third kappa shape index (κ3) is 5.44. The number of thiazole rings is 1. The molecular weight excluding hydrogens is 544 g/mol. The molecule has 0 unspecified atom stereocenters. The number of carbonyl (C=O) groups is 3. The Labute approximate surface area is 242 Å². The predicted octanol–water partition coefficient (Wildman–Crippen LogP) is 5.61. The van der Waals surface area contributed by atoms with Crippen molar-refractivity contribution in [2.75, 3.05) is 18.6 Å². The Morgan fingerprint density at radius 3 is 2.73 bits per heavy atom. The van der Waals surface area contributed by atoms with Gasteiger partial charge >= 0.3 is 11.9 Å². The number of amides is 1. The van der Waals surface area contributed by atoms with Crippen LogP contribution < -0.4 is 14.4 Å². The summed E-state index contributed by atoms with van der Waals surface area (Å²) in [6.45, 7) is 8.31. The number of benzene rings is 2. The maximum absolute atomic E-state index is 13.6. The fourth-order valence-corrected chi connectivity index (χ4v) is 6.04. The van der Waals surface area contributed by atoms with Gasteiger partial charge in [-0.3, -0.25) is 14.5 Å². The summed E-state index contributed by atoms with van der Waals surface area (Å²) in [5, 5.41) is 11.7. The van der Waals surface area contributed by atoms with E-state index in [4.69, 9.17) is 14.2 Å². The van der Waals surface area contributed by atoms with Gasteiger partial charge in [0.25, 0.3) is 5.78 Å². The van der Waals surface area contributed by atoms with Crippen LogP contribution in [-0.2, 0) is 20.7 Å². The number of esters is 1.